The van der Waals surface area contributed by atoms with Gasteiger partial charge in [0.2, 0.25) is 0 Å². The predicted octanol–water partition coefficient (Wildman–Crippen LogP) is 2.64. The highest BCUT2D eigenvalue weighted by molar-refractivity contribution is 7.91. The first-order valence-electron chi connectivity index (χ1n) is 6.12. The van der Waals surface area contributed by atoms with Crippen LogP contribution in [-0.4, -0.2) is 19.3 Å². The number of halogens is 1. The summed E-state index contributed by atoms with van der Waals surface area (Å²) in [5, 5.41) is 10.1. The summed E-state index contributed by atoms with van der Waals surface area (Å²) in [6.07, 6.45) is -1.18. The lowest BCUT2D eigenvalue weighted by molar-refractivity contribution is 0.201. The molecule has 1 atom stereocenters. The Labute approximate surface area is 117 Å². The second-order valence-electron chi connectivity index (χ2n) is 4.58. The molecular formula is C15H15FO3S. The Bertz CT molecular complexity index is 711. The molecule has 0 radical (unpaired) electrons. The topological polar surface area (TPSA) is 54.4 Å². The minimum atomic E-state index is -3.88. The molecule has 0 aliphatic heterocycles. The minimum Gasteiger partial charge on any atom is -0.387 e. The van der Waals surface area contributed by atoms with E-state index in [9.17, 15) is 17.9 Å². The fraction of sp³-hybridized carbons (Fsp3) is 0.200. The molecule has 1 unspecified atom stereocenters. The Balaban J connectivity index is 2.30. The van der Waals surface area contributed by atoms with Crippen LogP contribution in [0.2, 0.25) is 0 Å². The lowest BCUT2D eigenvalue weighted by atomic mass is 10.1. The van der Waals surface area contributed by atoms with Crippen molar-refractivity contribution in [2.45, 2.75) is 17.9 Å². The summed E-state index contributed by atoms with van der Waals surface area (Å²) >= 11 is 0. The van der Waals surface area contributed by atoms with Gasteiger partial charge in [-0.3, -0.25) is 0 Å². The molecule has 1 N–H and O–H groups in total. The third kappa shape index (κ3) is 3.05. The van der Waals surface area contributed by atoms with E-state index < -0.39 is 27.5 Å². The molecule has 0 aliphatic rings. The second kappa shape index (κ2) is 5.73. The van der Waals surface area contributed by atoms with E-state index in [0.29, 0.717) is 5.56 Å². The van der Waals surface area contributed by atoms with Crippen LogP contribution in [0.5, 0.6) is 0 Å². The van der Waals surface area contributed by atoms with E-state index in [2.05, 4.69) is 0 Å². The van der Waals surface area contributed by atoms with Crippen molar-refractivity contribution in [1.82, 2.24) is 0 Å². The van der Waals surface area contributed by atoms with Gasteiger partial charge in [0.05, 0.1) is 11.9 Å². The van der Waals surface area contributed by atoms with Crippen molar-refractivity contribution in [3.8, 4) is 0 Å². The van der Waals surface area contributed by atoms with Gasteiger partial charge < -0.3 is 5.11 Å². The number of aliphatic hydroxyl groups is 1. The Morgan fingerprint density at radius 3 is 2.35 bits per heavy atom. The van der Waals surface area contributed by atoms with E-state index in [1.807, 2.05) is 0 Å². The second-order valence-corrected chi connectivity index (χ2v) is 6.59. The zero-order valence-corrected chi connectivity index (χ0v) is 11.8. The summed E-state index contributed by atoms with van der Waals surface area (Å²) < 4.78 is 37.9. The van der Waals surface area contributed by atoms with Crippen LogP contribution in [0.3, 0.4) is 0 Å². The summed E-state index contributed by atoms with van der Waals surface area (Å²) in [6, 6.07) is 12.1. The highest BCUT2D eigenvalue weighted by atomic mass is 32.2. The highest BCUT2D eigenvalue weighted by Gasteiger charge is 2.24. The van der Waals surface area contributed by atoms with Crippen LogP contribution < -0.4 is 0 Å². The average Bonchev–Trinajstić information content (AvgIpc) is 2.38. The number of rotatable bonds is 4. The molecule has 0 bridgehead atoms. The normalized spacial score (nSPS) is 13.2. The Morgan fingerprint density at radius 2 is 1.70 bits per heavy atom. The smallest absolute Gasteiger partial charge is 0.184 e. The monoisotopic (exact) mass is 294 g/mol. The quantitative estimate of drug-likeness (QED) is 0.943. The van der Waals surface area contributed by atoms with Crippen molar-refractivity contribution in [3.05, 3.63) is 65.5 Å². The third-order valence-corrected chi connectivity index (χ3v) is 4.85. The molecule has 2 aromatic carbocycles. The van der Waals surface area contributed by atoms with Gasteiger partial charge in [-0.05, 0) is 30.2 Å². The minimum absolute atomic E-state index is 0.382. The molecule has 106 valence electrons. The molecule has 0 fully saturated rings. The summed E-state index contributed by atoms with van der Waals surface area (Å²) in [5.41, 5.74) is 1.33. The van der Waals surface area contributed by atoms with Crippen molar-refractivity contribution < 1.29 is 17.9 Å². The number of hydrogen-bond acceptors (Lipinski definition) is 3. The van der Waals surface area contributed by atoms with Crippen LogP contribution >= 0.6 is 0 Å². The lowest BCUT2D eigenvalue weighted by Gasteiger charge is -2.14. The Kier molecular flexibility index (Phi) is 4.20. The van der Waals surface area contributed by atoms with E-state index in [1.54, 1.807) is 31.2 Å². The molecule has 20 heavy (non-hydrogen) atoms. The number of benzene rings is 2. The van der Waals surface area contributed by atoms with E-state index in [1.165, 1.54) is 18.2 Å². The summed E-state index contributed by atoms with van der Waals surface area (Å²) in [6.45, 7) is 1.79. The molecule has 2 rings (SSSR count). The van der Waals surface area contributed by atoms with Crippen molar-refractivity contribution in [3.63, 3.8) is 0 Å². The van der Waals surface area contributed by atoms with Gasteiger partial charge in [0.25, 0.3) is 0 Å². The van der Waals surface area contributed by atoms with E-state index in [4.69, 9.17) is 0 Å². The molecule has 0 aliphatic carbocycles. The van der Waals surface area contributed by atoms with E-state index in [0.717, 1.165) is 11.6 Å². The largest absolute Gasteiger partial charge is 0.387 e. The SMILES string of the molecule is Cc1ccccc1C(O)CS(=O)(=O)c1ccccc1F. The van der Waals surface area contributed by atoms with Crippen molar-refractivity contribution in [1.29, 1.82) is 0 Å². The first kappa shape index (κ1) is 14.7. The summed E-state index contributed by atoms with van der Waals surface area (Å²) in [7, 11) is -3.88. The molecule has 0 saturated carbocycles. The van der Waals surface area contributed by atoms with Crippen LogP contribution in [0, 0.1) is 12.7 Å². The van der Waals surface area contributed by atoms with Crippen LogP contribution in [-0.2, 0) is 9.84 Å². The standard InChI is InChI=1S/C15H15FO3S/c1-11-6-2-3-7-12(11)14(17)10-20(18,19)15-9-5-4-8-13(15)16/h2-9,14,17H,10H2,1H3. The van der Waals surface area contributed by atoms with Gasteiger partial charge in [-0.1, -0.05) is 36.4 Å². The van der Waals surface area contributed by atoms with Crippen LogP contribution in [0.25, 0.3) is 0 Å². The lowest BCUT2D eigenvalue weighted by Crippen LogP contribution is -2.16. The molecule has 0 amide bonds. The highest BCUT2D eigenvalue weighted by Crippen LogP contribution is 2.23. The molecule has 3 nitrogen and oxygen atoms in total. The first-order valence-corrected chi connectivity index (χ1v) is 7.78. The molecular weight excluding hydrogens is 279 g/mol. The van der Waals surface area contributed by atoms with E-state index >= 15 is 0 Å². The maximum atomic E-state index is 13.6. The molecule has 0 heterocycles. The molecule has 0 spiro atoms. The fourth-order valence-electron chi connectivity index (χ4n) is 2.05. The first-order chi connectivity index (χ1) is 9.42. The zero-order chi connectivity index (χ0) is 14.8. The van der Waals surface area contributed by atoms with Crippen molar-refractivity contribution >= 4 is 9.84 Å². The van der Waals surface area contributed by atoms with Gasteiger partial charge in [-0.15, -0.1) is 0 Å². The van der Waals surface area contributed by atoms with Gasteiger partial charge in [0, 0.05) is 0 Å². The maximum absolute atomic E-state index is 13.6. The van der Waals surface area contributed by atoms with Crippen LogP contribution in [0.1, 0.15) is 17.2 Å². The van der Waals surface area contributed by atoms with Crippen LogP contribution in [0.15, 0.2) is 53.4 Å². The number of hydrogen-bond donors (Lipinski definition) is 1. The molecule has 5 heteroatoms. The fourth-order valence-corrected chi connectivity index (χ4v) is 3.47. The van der Waals surface area contributed by atoms with Crippen molar-refractivity contribution in [2.75, 3.05) is 5.75 Å². The van der Waals surface area contributed by atoms with Crippen LogP contribution in [0.4, 0.5) is 4.39 Å². The number of aliphatic hydroxyl groups excluding tert-OH is 1. The van der Waals surface area contributed by atoms with Gasteiger partial charge in [-0.2, -0.15) is 0 Å². The molecule has 2 aromatic rings. The summed E-state index contributed by atoms with van der Waals surface area (Å²) in [4.78, 5) is -0.382. The maximum Gasteiger partial charge on any atom is 0.184 e. The molecule has 0 saturated heterocycles. The average molecular weight is 294 g/mol. The zero-order valence-electron chi connectivity index (χ0n) is 11.0. The third-order valence-electron chi connectivity index (χ3n) is 3.10. The van der Waals surface area contributed by atoms with Gasteiger partial charge in [-0.25, -0.2) is 12.8 Å². The molecule has 0 aromatic heterocycles. The van der Waals surface area contributed by atoms with Gasteiger partial charge >= 0.3 is 0 Å². The number of sulfone groups is 1. The van der Waals surface area contributed by atoms with Gasteiger partial charge in [0.1, 0.15) is 10.7 Å². The summed E-state index contributed by atoms with van der Waals surface area (Å²) in [5.74, 6) is -1.34. The predicted molar refractivity (Wildman–Crippen MR) is 74.6 cm³/mol. The van der Waals surface area contributed by atoms with Crippen molar-refractivity contribution in [2.24, 2.45) is 0 Å². The number of aryl methyl sites for hydroxylation is 1. The van der Waals surface area contributed by atoms with Gasteiger partial charge in [0.15, 0.2) is 9.84 Å². The Hall–Kier alpha value is -1.72. The van der Waals surface area contributed by atoms with E-state index in [-0.39, 0.29) is 4.90 Å². The Morgan fingerprint density at radius 1 is 1.10 bits per heavy atom.